The second-order valence-corrected chi connectivity index (χ2v) is 11.6. The Balaban J connectivity index is 1.37. The summed E-state index contributed by atoms with van der Waals surface area (Å²) in [6.45, 7) is 5.05. The molecule has 3 heterocycles. The molecule has 5 rings (SSSR count). The van der Waals surface area contributed by atoms with Crippen molar-refractivity contribution in [1.29, 1.82) is 5.26 Å². The molecule has 0 spiro atoms. The topological polar surface area (TPSA) is 173 Å². The zero-order valence-corrected chi connectivity index (χ0v) is 26.4. The summed E-state index contributed by atoms with van der Waals surface area (Å²) >= 11 is 0. The van der Waals surface area contributed by atoms with Crippen LogP contribution in [0.5, 0.6) is 11.5 Å². The number of hydrogen-bond acceptors (Lipinski definition) is 10. The second kappa shape index (κ2) is 14.3. The van der Waals surface area contributed by atoms with Gasteiger partial charge in [0.2, 0.25) is 0 Å². The van der Waals surface area contributed by atoms with Gasteiger partial charge in [0.1, 0.15) is 46.8 Å². The van der Waals surface area contributed by atoms with Gasteiger partial charge in [-0.3, -0.25) is 4.79 Å². The summed E-state index contributed by atoms with van der Waals surface area (Å²) in [5.41, 5.74) is 6.44. The van der Waals surface area contributed by atoms with E-state index in [1.54, 1.807) is 39.9 Å². The van der Waals surface area contributed by atoms with Gasteiger partial charge in [-0.25, -0.2) is 23.8 Å². The van der Waals surface area contributed by atoms with Crippen LogP contribution in [0, 0.1) is 17.1 Å². The number of aromatic nitrogens is 4. The van der Waals surface area contributed by atoms with E-state index in [9.17, 15) is 14.9 Å². The lowest BCUT2D eigenvalue weighted by Crippen LogP contribution is -2.44. The van der Waals surface area contributed by atoms with Crippen LogP contribution >= 0.6 is 0 Å². The van der Waals surface area contributed by atoms with Crippen molar-refractivity contribution in [2.24, 2.45) is 0 Å². The molecule has 14 heteroatoms. The van der Waals surface area contributed by atoms with Gasteiger partial charge < -0.3 is 30.7 Å². The number of rotatable bonds is 10. The zero-order chi connectivity index (χ0) is 33.6. The predicted octanol–water partition coefficient (Wildman–Crippen LogP) is 4.34. The van der Waals surface area contributed by atoms with Gasteiger partial charge >= 0.3 is 6.09 Å². The Morgan fingerprint density at radius 3 is 2.68 bits per heavy atom. The standard InChI is InChI=1S/C33H36FN9O4/c1-33(2,40-14-13-37-32(45)46-3)17-21(18-35)31(44)42-15-7-8-22(19-42)43-30-27(29(36)38-20-39-30)28(41-43)25-12-11-24(16-26(25)34)47-23-9-5-4-6-10-23/h4-6,9-12,16-17,20,22,40H,7-8,13-15,19H2,1-3H3,(H,37,45)(H2,36,38,39)/b21-17+/t22-/m1/s1. The maximum Gasteiger partial charge on any atom is 0.406 e. The van der Waals surface area contributed by atoms with Crippen LogP contribution in [0.4, 0.5) is 15.0 Å². The summed E-state index contributed by atoms with van der Waals surface area (Å²) in [5.74, 6) is 0.0747. The number of likely N-dealkylation sites (tertiary alicyclic amines) is 1. The van der Waals surface area contributed by atoms with Crippen molar-refractivity contribution in [1.82, 2.24) is 35.3 Å². The van der Waals surface area contributed by atoms with Crippen LogP contribution in [0.25, 0.3) is 22.3 Å². The quantitative estimate of drug-likeness (QED) is 0.128. The number of halogens is 1. The molecule has 13 nitrogen and oxygen atoms in total. The molecule has 2 amide bonds. The number of alkyl carbamates (subject to hydrolysis) is 1. The summed E-state index contributed by atoms with van der Waals surface area (Å²) in [4.78, 5) is 35.1. The van der Waals surface area contributed by atoms with E-state index in [-0.39, 0.29) is 35.2 Å². The number of ether oxygens (including phenoxy) is 2. The number of nitriles is 1. The number of nitrogens with one attached hydrogen (secondary N) is 2. The summed E-state index contributed by atoms with van der Waals surface area (Å²) < 4.78 is 27.6. The normalized spacial score (nSPS) is 15.3. The SMILES string of the molecule is COC(=O)NCCNC(C)(C)/C=C(\C#N)C(=O)N1CCC[C@@H](n2nc(-c3ccc(Oc4ccccc4)cc3F)c3c(N)ncnc32)C1. The number of fused-ring (bicyclic) bond motifs is 1. The monoisotopic (exact) mass is 641 g/mol. The van der Waals surface area contributed by atoms with Crippen LogP contribution in [0.1, 0.15) is 32.7 Å². The van der Waals surface area contributed by atoms with Gasteiger partial charge in [0.05, 0.1) is 18.5 Å². The number of para-hydroxylation sites is 1. The van der Waals surface area contributed by atoms with E-state index < -0.39 is 23.4 Å². The molecular formula is C33H36FN9O4. The number of carbonyl (C=O) groups is 2. The minimum absolute atomic E-state index is 0.0125. The molecular weight excluding hydrogens is 605 g/mol. The molecule has 1 aliphatic rings. The molecule has 0 bridgehead atoms. The smallest absolute Gasteiger partial charge is 0.406 e. The van der Waals surface area contributed by atoms with Crippen molar-refractivity contribution in [3.63, 3.8) is 0 Å². The number of carbonyl (C=O) groups excluding carboxylic acids is 2. The van der Waals surface area contributed by atoms with Crippen LogP contribution in [-0.2, 0) is 9.53 Å². The first-order chi connectivity index (χ1) is 22.6. The Bertz CT molecular complexity index is 1840. The van der Waals surface area contributed by atoms with Gasteiger partial charge in [-0.15, -0.1) is 0 Å². The molecule has 1 saturated heterocycles. The Hall–Kier alpha value is -5.55. The third-order valence-corrected chi connectivity index (χ3v) is 7.74. The minimum Gasteiger partial charge on any atom is -0.457 e. The van der Waals surface area contributed by atoms with Crippen molar-refractivity contribution in [3.05, 3.63) is 72.3 Å². The van der Waals surface area contributed by atoms with Crippen LogP contribution in [0.15, 0.2) is 66.5 Å². The first-order valence-electron chi connectivity index (χ1n) is 15.1. The molecule has 1 fully saturated rings. The molecule has 4 N–H and O–H groups in total. The number of nitrogen functional groups attached to an aromatic ring is 1. The fourth-order valence-electron chi connectivity index (χ4n) is 5.50. The van der Waals surface area contributed by atoms with Crippen molar-refractivity contribution in [2.75, 3.05) is 39.0 Å². The van der Waals surface area contributed by atoms with E-state index in [0.29, 0.717) is 55.0 Å². The lowest BCUT2D eigenvalue weighted by Gasteiger charge is -2.33. The summed E-state index contributed by atoms with van der Waals surface area (Å²) in [5, 5.41) is 20.9. The molecule has 2 aromatic carbocycles. The fraction of sp³-hybridized carbons (Fsp3) is 0.333. The number of piperidine rings is 1. The van der Waals surface area contributed by atoms with Gasteiger partial charge in [0.25, 0.3) is 5.91 Å². The van der Waals surface area contributed by atoms with Crippen LogP contribution in [0.2, 0.25) is 0 Å². The number of amides is 2. The van der Waals surface area contributed by atoms with Crippen LogP contribution in [-0.4, -0.2) is 75.5 Å². The van der Waals surface area contributed by atoms with Gasteiger partial charge in [-0.2, -0.15) is 10.4 Å². The summed E-state index contributed by atoms with van der Waals surface area (Å²) in [6.07, 6.45) is 3.68. The Labute approximate surface area is 271 Å². The zero-order valence-electron chi connectivity index (χ0n) is 26.4. The van der Waals surface area contributed by atoms with E-state index in [0.717, 1.165) is 0 Å². The van der Waals surface area contributed by atoms with Crippen molar-refractivity contribution >= 4 is 28.9 Å². The molecule has 0 saturated carbocycles. The largest absolute Gasteiger partial charge is 0.457 e. The Morgan fingerprint density at radius 1 is 1.17 bits per heavy atom. The average Bonchev–Trinajstić information content (AvgIpc) is 3.46. The third kappa shape index (κ3) is 7.64. The van der Waals surface area contributed by atoms with E-state index in [4.69, 9.17) is 15.6 Å². The number of methoxy groups -OCH3 is 1. The lowest BCUT2D eigenvalue weighted by molar-refractivity contribution is -0.128. The first-order valence-corrected chi connectivity index (χ1v) is 15.1. The van der Waals surface area contributed by atoms with Gasteiger partial charge in [-0.1, -0.05) is 18.2 Å². The Kier molecular flexibility index (Phi) is 9.96. The minimum atomic E-state index is -0.721. The van der Waals surface area contributed by atoms with Gasteiger partial charge in [0.15, 0.2) is 5.65 Å². The van der Waals surface area contributed by atoms with Crippen LogP contribution in [0.3, 0.4) is 0 Å². The maximum absolute atomic E-state index is 15.6. The fourth-order valence-corrected chi connectivity index (χ4v) is 5.50. The van der Waals surface area contributed by atoms with Crippen molar-refractivity contribution in [2.45, 2.75) is 38.3 Å². The highest BCUT2D eigenvalue weighted by atomic mass is 19.1. The van der Waals surface area contributed by atoms with Gasteiger partial charge in [0, 0.05) is 43.3 Å². The molecule has 4 aromatic rings. The third-order valence-electron chi connectivity index (χ3n) is 7.74. The number of nitrogens with zero attached hydrogens (tertiary/aromatic N) is 6. The highest BCUT2D eigenvalue weighted by Gasteiger charge is 2.31. The van der Waals surface area contributed by atoms with Crippen molar-refractivity contribution in [3.8, 4) is 28.8 Å². The predicted molar refractivity (Wildman–Crippen MR) is 173 cm³/mol. The van der Waals surface area contributed by atoms with Crippen LogP contribution < -0.4 is 21.1 Å². The van der Waals surface area contributed by atoms with E-state index in [1.807, 2.05) is 38.1 Å². The Morgan fingerprint density at radius 2 is 1.96 bits per heavy atom. The van der Waals surface area contributed by atoms with Crippen molar-refractivity contribution < 1.29 is 23.5 Å². The first kappa shape index (κ1) is 32.8. The lowest BCUT2D eigenvalue weighted by atomic mass is 9.99. The van der Waals surface area contributed by atoms with E-state index in [1.165, 1.54) is 19.5 Å². The highest BCUT2D eigenvalue weighted by Crippen LogP contribution is 2.36. The maximum atomic E-state index is 15.6. The number of benzene rings is 2. The molecule has 1 atom stereocenters. The highest BCUT2D eigenvalue weighted by molar-refractivity contribution is 5.99. The molecule has 2 aromatic heterocycles. The molecule has 0 radical (unpaired) electrons. The molecule has 1 aliphatic heterocycles. The van der Waals surface area contributed by atoms with E-state index in [2.05, 4.69) is 25.3 Å². The second-order valence-electron chi connectivity index (χ2n) is 11.6. The average molecular weight is 642 g/mol. The number of hydrogen-bond donors (Lipinski definition) is 3. The molecule has 0 aliphatic carbocycles. The number of nitrogens with two attached hydrogens (primary N) is 1. The van der Waals surface area contributed by atoms with Gasteiger partial charge in [-0.05, 0) is 57.0 Å². The summed E-state index contributed by atoms with van der Waals surface area (Å²) in [6, 6.07) is 15.3. The number of anilines is 1. The molecule has 0 unspecified atom stereocenters. The molecule has 244 valence electrons. The van der Waals surface area contributed by atoms with E-state index >= 15 is 4.39 Å². The molecule has 47 heavy (non-hydrogen) atoms. The summed E-state index contributed by atoms with van der Waals surface area (Å²) in [7, 11) is 1.28.